The Morgan fingerprint density at radius 1 is 1.14 bits per heavy atom. The number of carbonyl (C=O) groups is 2. The van der Waals surface area contributed by atoms with Crippen LogP contribution in [0.4, 0.5) is 5.69 Å². The van der Waals surface area contributed by atoms with E-state index in [1.54, 1.807) is 55.0 Å². The number of methoxy groups -OCH3 is 1. The van der Waals surface area contributed by atoms with Crippen LogP contribution in [0.5, 0.6) is 0 Å². The molecule has 1 aliphatic rings. The molecule has 3 heterocycles. The van der Waals surface area contributed by atoms with E-state index in [-0.39, 0.29) is 18.5 Å². The molecule has 29 heavy (non-hydrogen) atoms. The lowest BCUT2D eigenvalue weighted by Crippen LogP contribution is -2.32. The van der Waals surface area contributed by atoms with Crippen LogP contribution in [0.3, 0.4) is 0 Å². The fraction of sp³-hybridized carbons (Fsp3) is 0.190. The quantitative estimate of drug-likeness (QED) is 0.644. The molecule has 8 heteroatoms. The topological polar surface area (TPSA) is 97.3 Å². The maximum atomic E-state index is 13.0. The van der Waals surface area contributed by atoms with E-state index in [2.05, 4.69) is 10.4 Å². The van der Waals surface area contributed by atoms with Crippen LogP contribution in [-0.4, -0.2) is 36.3 Å². The Bertz CT molecular complexity index is 1020. The summed E-state index contributed by atoms with van der Waals surface area (Å²) in [7, 11) is 1.31. The van der Waals surface area contributed by atoms with Crippen molar-refractivity contribution in [3.63, 3.8) is 0 Å². The number of hydrogen-bond donors (Lipinski definition) is 1. The summed E-state index contributed by atoms with van der Waals surface area (Å²) in [5, 5.41) is 8.87. The zero-order chi connectivity index (χ0) is 20.2. The van der Waals surface area contributed by atoms with E-state index < -0.39 is 5.97 Å². The van der Waals surface area contributed by atoms with Crippen molar-refractivity contribution in [2.24, 2.45) is 5.10 Å². The SMILES string of the molecule is COC(=O)c1ccccc1NCC(=O)N1N=C(c2ccco2)CC1c1ccco1. The van der Waals surface area contributed by atoms with Crippen LogP contribution in [0, 0.1) is 0 Å². The molecule has 1 atom stereocenters. The van der Waals surface area contributed by atoms with Crippen LogP contribution >= 0.6 is 0 Å². The number of benzene rings is 1. The molecule has 3 aromatic rings. The highest BCUT2D eigenvalue weighted by atomic mass is 16.5. The fourth-order valence-corrected chi connectivity index (χ4v) is 3.21. The molecule has 0 radical (unpaired) electrons. The third-order valence-corrected chi connectivity index (χ3v) is 4.61. The van der Waals surface area contributed by atoms with Gasteiger partial charge in [-0.3, -0.25) is 4.79 Å². The molecule has 0 saturated heterocycles. The zero-order valence-corrected chi connectivity index (χ0v) is 15.7. The van der Waals surface area contributed by atoms with Crippen molar-refractivity contribution < 1.29 is 23.2 Å². The van der Waals surface area contributed by atoms with E-state index in [0.717, 1.165) is 0 Å². The summed E-state index contributed by atoms with van der Waals surface area (Å²) in [6.45, 7) is -0.0554. The van der Waals surface area contributed by atoms with E-state index in [1.807, 2.05) is 6.07 Å². The van der Waals surface area contributed by atoms with E-state index >= 15 is 0 Å². The number of carbonyl (C=O) groups excluding carboxylic acids is 2. The molecule has 1 N–H and O–H groups in total. The minimum Gasteiger partial charge on any atom is -0.467 e. The number of anilines is 1. The monoisotopic (exact) mass is 393 g/mol. The van der Waals surface area contributed by atoms with Gasteiger partial charge in [0.15, 0.2) is 0 Å². The highest BCUT2D eigenvalue weighted by Gasteiger charge is 2.35. The normalized spacial score (nSPS) is 15.8. The lowest BCUT2D eigenvalue weighted by Gasteiger charge is -2.20. The largest absolute Gasteiger partial charge is 0.467 e. The standard InChI is InChI=1S/C21H19N3O5/c1-27-21(26)14-6-2-3-7-15(14)22-13-20(25)24-17(19-9-5-11-29-19)12-16(23-24)18-8-4-10-28-18/h2-11,17,22H,12-13H2,1H3. The molecule has 1 aromatic carbocycles. The first-order valence-corrected chi connectivity index (χ1v) is 9.05. The van der Waals surface area contributed by atoms with E-state index in [9.17, 15) is 9.59 Å². The summed E-state index contributed by atoms with van der Waals surface area (Å²) in [6.07, 6.45) is 3.61. The molecule has 8 nitrogen and oxygen atoms in total. The number of nitrogens with zero attached hydrogens (tertiary/aromatic N) is 2. The number of nitrogens with one attached hydrogen (secondary N) is 1. The van der Waals surface area contributed by atoms with Crippen molar-refractivity contribution in [2.75, 3.05) is 19.0 Å². The van der Waals surface area contributed by atoms with Crippen molar-refractivity contribution in [3.8, 4) is 0 Å². The molecule has 1 aliphatic heterocycles. The molecule has 148 valence electrons. The van der Waals surface area contributed by atoms with Gasteiger partial charge in [0.25, 0.3) is 5.91 Å². The van der Waals surface area contributed by atoms with Gasteiger partial charge >= 0.3 is 5.97 Å². The van der Waals surface area contributed by atoms with Crippen molar-refractivity contribution in [1.82, 2.24) is 5.01 Å². The van der Waals surface area contributed by atoms with Gasteiger partial charge in [-0.2, -0.15) is 5.10 Å². The van der Waals surface area contributed by atoms with Gasteiger partial charge in [-0.05, 0) is 36.4 Å². The zero-order valence-electron chi connectivity index (χ0n) is 15.7. The van der Waals surface area contributed by atoms with Gasteiger partial charge in [0.2, 0.25) is 0 Å². The predicted molar refractivity (Wildman–Crippen MR) is 104 cm³/mol. The van der Waals surface area contributed by atoms with Crippen molar-refractivity contribution in [2.45, 2.75) is 12.5 Å². The minimum absolute atomic E-state index is 0.0554. The van der Waals surface area contributed by atoms with E-state index in [0.29, 0.717) is 34.9 Å². The molecule has 0 fully saturated rings. The van der Waals surface area contributed by atoms with Crippen LogP contribution in [0.15, 0.2) is 75.0 Å². The van der Waals surface area contributed by atoms with Gasteiger partial charge in [-0.25, -0.2) is 9.80 Å². The molecule has 4 rings (SSSR count). The summed E-state index contributed by atoms with van der Waals surface area (Å²) in [5.41, 5.74) is 1.53. The van der Waals surface area contributed by atoms with Crippen LogP contribution < -0.4 is 5.32 Å². The molecule has 1 unspecified atom stereocenters. The van der Waals surface area contributed by atoms with E-state index in [1.165, 1.54) is 12.1 Å². The maximum Gasteiger partial charge on any atom is 0.339 e. The number of hydrogen-bond acceptors (Lipinski definition) is 7. The summed E-state index contributed by atoms with van der Waals surface area (Å²) < 4.78 is 15.7. The van der Waals surface area contributed by atoms with Crippen LogP contribution in [-0.2, 0) is 9.53 Å². The Morgan fingerprint density at radius 2 is 1.93 bits per heavy atom. The molecule has 0 bridgehead atoms. The smallest absolute Gasteiger partial charge is 0.339 e. The first kappa shape index (κ1) is 18.5. The van der Waals surface area contributed by atoms with Gasteiger partial charge in [-0.1, -0.05) is 12.1 Å². The number of esters is 1. The number of para-hydroxylation sites is 1. The van der Waals surface area contributed by atoms with Crippen LogP contribution in [0.2, 0.25) is 0 Å². The summed E-state index contributed by atoms with van der Waals surface area (Å²) in [5.74, 6) is 0.500. The Kier molecular flexibility index (Phi) is 5.15. The molecular formula is C21H19N3O5. The van der Waals surface area contributed by atoms with Crippen molar-refractivity contribution in [1.29, 1.82) is 0 Å². The Morgan fingerprint density at radius 3 is 2.66 bits per heavy atom. The van der Waals surface area contributed by atoms with Crippen molar-refractivity contribution >= 4 is 23.3 Å². The first-order chi connectivity index (χ1) is 14.2. The third-order valence-electron chi connectivity index (χ3n) is 4.61. The summed E-state index contributed by atoms with van der Waals surface area (Å²) in [6, 6.07) is 13.6. The molecule has 0 aliphatic carbocycles. The van der Waals surface area contributed by atoms with Gasteiger partial charge < -0.3 is 18.9 Å². The number of amides is 1. The molecule has 1 amide bonds. The Balaban J connectivity index is 1.54. The number of furan rings is 2. The summed E-state index contributed by atoms with van der Waals surface area (Å²) >= 11 is 0. The van der Waals surface area contributed by atoms with Gasteiger partial charge in [-0.15, -0.1) is 0 Å². The molecule has 2 aromatic heterocycles. The van der Waals surface area contributed by atoms with Crippen molar-refractivity contribution in [3.05, 3.63) is 78.1 Å². The van der Waals surface area contributed by atoms with Gasteiger partial charge in [0.1, 0.15) is 23.3 Å². The first-order valence-electron chi connectivity index (χ1n) is 9.05. The van der Waals surface area contributed by atoms with Crippen LogP contribution in [0.1, 0.15) is 34.3 Å². The molecular weight excluding hydrogens is 374 g/mol. The maximum absolute atomic E-state index is 13.0. The lowest BCUT2D eigenvalue weighted by atomic mass is 10.1. The molecule has 0 spiro atoms. The Hall–Kier alpha value is -3.81. The average molecular weight is 393 g/mol. The van der Waals surface area contributed by atoms with Gasteiger partial charge in [0, 0.05) is 12.1 Å². The minimum atomic E-state index is -0.478. The second-order valence-corrected chi connectivity index (χ2v) is 6.39. The second-order valence-electron chi connectivity index (χ2n) is 6.39. The number of ether oxygens (including phenoxy) is 1. The lowest BCUT2D eigenvalue weighted by molar-refractivity contribution is -0.131. The number of hydrazone groups is 1. The predicted octanol–water partition coefficient (Wildman–Crippen LogP) is 3.45. The molecule has 0 saturated carbocycles. The highest BCUT2D eigenvalue weighted by Crippen LogP contribution is 2.33. The summed E-state index contributed by atoms with van der Waals surface area (Å²) in [4.78, 5) is 24.9. The number of rotatable bonds is 6. The van der Waals surface area contributed by atoms with E-state index in [4.69, 9.17) is 13.6 Å². The Labute approximate surface area is 166 Å². The van der Waals surface area contributed by atoms with Gasteiger partial charge in [0.05, 0.1) is 31.7 Å². The highest BCUT2D eigenvalue weighted by molar-refractivity contribution is 6.01. The fourth-order valence-electron chi connectivity index (χ4n) is 3.21. The van der Waals surface area contributed by atoms with Crippen LogP contribution in [0.25, 0.3) is 0 Å². The second kappa shape index (κ2) is 8.05. The third kappa shape index (κ3) is 3.77. The average Bonchev–Trinajstić information content (AvgIpc) is 3.51.